The summed E-state index contributed by atoms with van der Waals surface area (Å²) in [6, 6.07) is 14.8. The van der Waals surface area contributed by atoms with Gasteiger partial charge in [0.1, 0.15) is 23.6 Å². The zero-order chi connectivity index (χ0) is 24.9. The minimum atomic E-state index is -2.69. The first kappa shape index (κ1) is 17.5. The van der Waals surface area contributed by atoms with Crippen LogP contribution < -0.4 is 15.4 Å². The van der Waals surface area contributed by atoms with Gasteiger partial charge in [-0.05, 0) is 41.5 Å². The number of aromatic hydroxyl groups is 1. The second kappa shape index (κ2) is 9.40. The lowest BCUT2D eigenvalue weighted by Crippen LogP contribution is -2.21. The molecule has 2 amide bonds. The second-order valence-corrected chi connectivity index (χ2v) is 6.35. The normalized spacial score (nSPS) is 12.1. The molecule has 0 atom stereocenters. The predicted octanol–water partition coefficient (Wildman–Crippen LogP) is 3.13. The molecule has 1 heterocycles. The van der Waals surface area contributed by atoms with Gasteiger partial charge < -0.3 is 25.6 Å². The molecule has 158 valence electrons. The van der Waals surface area contributed by atoms with Gasteiger partial charge in [0.05, 0.1) is 11.2 Å². The zero-order valence-corrected chi connectivity index (χ0v) is 16.0. The summed E-state index contributed by atoms with van der Waals surface area (Å²) in [6.45, 7) is 0. The maximum atomic E-state index is 12.2. The van der Waals surface area contributed by atoms with Gasteiger partial charge in [-0.15, -0.1) is 0 Å². The highest BCUT2D eigenvalue weighted by Gasteiger charge is 2.13. The van der Waals surface area contributed by atoms with Crippen molar-refractivity contribution >= 4 is 29.3 Å². The summed E-state index contributed by atoms with van der Waals surface area (Å²) in [6.07, 6.45) is -0.520. The van der Waals surface area contributed by atoms with Crippen LogP contribution >= 0.6 is 0 Å². The van der Waals surface area contributed by atoms with Crippen molar-refractivity contribution in [3.63, 3.8) is 0 Å². The van der Waals surface area contributed by atoms with Gasteiger partial charge in [0, 0.05) is 11.8 Å². The fourth-order valence-electron chi connectivity index (χ4n) is 2.71. The van der Waals surface area contributed by atoms with Crippen molar-refractivity contribution < 1.29 is 33.4 Å². The van der Waals surface area contributed by atoms with E-state index in [9.17, 15) is 19.5 Å². The average molecular weight is 424 g/mol. The highest BCUT2D eigenvalue weighted by molar-refractivity contribution is 6.07. The number of carboxylic acids is 1. The maximum Gasteiger partial charge on any atom is 0.339 e. The number of nitrogens with one attached hydrogen (secondary N) is 2. The first-order valence-electron chi connectivity index (χ1n) is 10.4. The van der Waals surface area contributed by atoms with Crippen LogP contribution in [0.2, 0.25) is 0 Å². The third-order valence-electron chi connectivity index (χ3n) is 4.15. The van der Waals surface area contributed by atoms with Crippen LogP contribution in [-0.2, 0) is 9.59 Å². The van der Waals surface area contributed by atoms with Crippen LogP contribution in [0.25, 0.3) is 11.1 Å². The Hall–Kier alpha value is -4.40. The standard InChI is InChI=1S/C22H19N3O6/c1-31-21-4-2-3-18(25-21)24-20(28)12-19(27)23-15-8-5-13(6-9-15)14-7-10-17(26)16(11-14)22(29)30/h2-11,26H,12H2,1H3,(H,23,27)(H,29,30)(H,24,25,28)/i1D3. The smallest absolute Gasteiger partial charge is 0.339 e. The van der Waals surface area contributed by atoms with Gasteiger partial charge in [-0.2, -0.15) is 4.98 Å². The Morgan fingerprint density at radius 1 is 1.00 bits per heavy atom. The number of ether oxygens (including phenoxy) is 1. The Kier molecular flexibility index (Phi) is 5.29. The van der Waals surface area contributed by atoms with Crippen molar-refractivity contribution in [1.29, 1.82) is 0 Å². The van der Waals surface area contributed by atoms with Gasteiger partial charge >= 0.3 is 5.97 Å². The minimum absolute atomic E-state index is 0.0264. The number of carboxylic acid groups (broad SMARTS) is 1. The number of carbonyl (C=O) groups is 3. The van der Waals surface area contributed by atoms with E-state index in [4.69, 9.17) is 9.22 Å². The molecule has 0 aliphatic heterocycles. The molecule has 4 N–H and O–H groups in total. The number of methoxy groups -OCH3 is 1. The summed E-state index contributed by atoms with van der Waals surface area (Å²) in [5, 5.41) is 23.7. The fourth-order valence-corrected chi connectivity index (χ4v) is 2.71. The van der Waals surface area contributed by atoms with Crippen molar-refractivity contribution in [1.82, 2.24) is 4.98 Å². The topological polar surface area (TPSA) is 138 Å². The molecule has 3 aromatic rings. The lowest BCUT2D eigenvalue weighted by molar-refractivity contribution is -0.123. The third kappa shape index (κ3) is 5.57. The van der Waals surface area contributed by atoms with Gasteiger partial charge in [-0.1, -0.05) is 24.3 Å². The Bertz CT molecular complexity index is 1230. The first-order valence-corrected chi connectivity index (χ1v) is 8.93. The maximum absolute atomic E-state index is 12.2. The number of phenols is 1. The van der Waals surface area contributed by atoms with Crippen molar-refractivity contribution in [2.75, 3.05) is 17.7 Å². The molecule has 0 radical (unpaired) electrons. The molecule has 9 nitrogen and oxygen atoms in total. The number of anilines is 2. The Labute approximate surface area is 181 Å². The summed E-state index contributed by atoms with van der Waals surface area (Å²) in [7, 11) is -2.69. The van der Waals surface area contributed by atoms with Crippen LogP contribution in [0.4, 0.5) is 11.5 Å². The van der Waals surface area contributed by atoms with Crippen LogP contribution in [-0.4, -0.2) is 40.0 Å². The molecular weight excluding hydrogens is 402 g/mol. The van der Waals surface area contributed by atoms with Gasteiger partial charge in [0.2, 0.25) is 17.7 Å². The number of rotatable bonds is 7. The summed E-state index contributed by atoms with van der Waals surface area (Å²) >= 11 is 0. The quantitative estimate of drug-likeness (QED) is 0.428. The van der Waals surface area contributed by atoms with Crippen LogP contribution in [0, 0.1) is 0 Å². The number of amides is 2. The highest BCUT2D eigenvalue weighted by Crippen LogP contribution is 2.27. The average Bonchev–Trinajstić information content (AvgIpc) is 2.73. The molecule has 0 bridgehead atoms. The molecule has 0 saturated heterocycles. The Morgan fingerprint density at radius 3 is 2.42 bits per heavy atom. The van der Waals surface area contributed by atoms with E-state index in [0.29, 0.717) is 16.8 Å². The van der Waals surface area contributed by atoms with Gasteiger partial charge in [0.15, 0.2) is 0 Å². The van der Waals surface area contributed by atoms with Crippen molar-refractivity contribution in [2.45, 2.75) is 6.42 Å². The third-order valence-corrected chi connectivity index (χ3v) is 4.15. The van der Waals surface area contributed by atoms with Crippen LogP contribution in [0.15, 0.2) is 60.7 Å². The monoisotopic (exact) mass is 424 g/mol. The van der Waals surface area contributed by atoms with Gasteiger partial charge in [-0.3, -0.25) is 9.59 Å². The van der Waals surface area contributed by atoms with E-state index in [1.54, 1.807) is 30.3 Å². The summed E-state index contributed by atoms with van der Waals surface area (Å²) < 4.78 is 25.9. The van der Waals surface area contributed by atoms with Crippen LogP contribution in [0.3, 0.4) is 0 Å². The van der Waals surface area contributed by atoms with Gasteiger partial charge in [0.25, 0.3) is 0 Å². The summed E-state index contributed by atoms with van der Waals surface area (Å²) in [4.78, 5) is 39.4. The van der Waals surface area contributed by atoms with E-state index in [1.807, 2.05) is 0 Å². The number of aromatic nitrogens is 1. The molecule has 0 aliphatic rings. The number of aromatic carboxylic acids is 1. The first-order chi connectivity index (χ1) is 16.0. The van der Waals surface area contributed by atoms with Crippen molar-refractivity contribution in [2.24, 2.45) is 0 Å². The van der Waals surface area contributed by atoms with Crippen LogP contribution in [0.5, 0.6) is 11.6 Å². The zero-order valence-electron chi connectivity index (χ0n) is 19.0. The van der Waals surface area contributed by atoms with Crippen LogP contribution in [0.1, 0.15) is 20.9 Å². The Morgan fingerprint density at radius 2 is 1.71 bits per heavy atom. The molecule has 1 aromatic heterocycles. The number of pyridine rings is 1. The van der Waals surface area contributed by atoms with E-state index in [1.165, 1.54) is 30.3 Å². The van der Waals surface area contributed by atoms with Gasteiger partial charge in [-0.25, -0.2) is 4.79 Å². The van der Waals surface area contributed by atoms with E-state index in [2.05, 4.69) is 20.4 Å². The minimum Gasteiger partial charge on any atom is -0.507 e. The molecule has 0 unspecified atom stereocenters. The molecule has 0 aliphatic carbocycles. The predicted molar refractivity (Wildman–Crippen MR) is 113 cm³/mol. The molecule has 2 aromatic carbocycles. The molecule has 31 heavy (non-hydrogen) atoms. The number of carbonyl (C=O) groups excluding carboxylic acids is 2. The van der Waals surface area contributed by atoms with E-state index in [-0.39, 0.29) is 23.0 Å². The second-order valence-electron chi connectivity index (χ2n) is 6.35. The van der Waals surface area contributed by atoms with E-state index in [0.717, 1.165) is 0 Å². The van der Waals surface area contributed by atoms with Crippen molar-refractivity contribution in [3.05, 3.63) is 66.2 Å². The summed E-state index contributed by atoms with van der Waals surface area (Å²) in [5.74, 6) is -3.04. The van der Waals surface area contributed by atoms with Crippen molar-refractivity contribution in [3.8, 4) is 22.8 Å². The molecule has 0 fully saturated rings. The summed E-state index contributed by atoms with van der Waals surface area (Å²) in [5.41, 5.74) is 1.39. The molecule has 0 saturated carbocycles. The molecule has 3 rings (SSSR count). The van der Waals surface area contributed by atoms with E-state index >= 15 is 0 Å². The lowest BCUT2D eigenvalue weighted by Gasteiger charge is -2.09. The number of nitrogens with zero attached hydrogens (tertiary/aromatic N) is 1. The number of benzene rings is 2. The molecule has 0 spiro atoms. The lowest BCUT2D eigenvalue weighted by atomic mass is 10.0. The molecular formula is C22H19N3O6. The van der Waals surface area contributed by atoms with E-state index < -0.39 is 31.2 Å². The fraction of sp³-hybridized carbons (Fsp3) is 0.0909. The SMILES string of the molecule is [2H]C([2H])([2H])Oc1cccc(NC(=O)CC(=O)Nc2ccc(-c3ccc(O)c(C(=O)O)c3)cc2)n1. The highest BCUT2D eigenvalue weighted by atomic mass is 16.5. The molecule has 9 heteroatoms. The Balaban J connectivity index is 1.58. The number of hydrogen-bond donors (Lipinski definition) is 4. The number of hydrogen-bond acceptors (Lipinski definition) is 6. The largest absolute Gasteiger partial charge is 0.507 e.